The van der Waals surface area contributed by atoms with Crippen LogP contribution in [0.2, 0.25) is 18.1 Å². The molecule has 0 N–H and O–H groups in total. The molecule has 1 saturated heterocycles. The number of esters is 1. The van der Waals surface area contributed by atoms with Gasteiger partial charge < -0.3 is 4.74 Å². The highest BCUT2D eigenvalue weighted by molar-refractivity contribution is 6.59. The first kappa shape index (κ1) is 20.4. The molecule has 2 aromatic carbocycles. The van der Waals surface area contributed by atoms with Crippen molar-refractivity contribution in [3.63, 3.8) is 0 Å². The van der Waals surface area contributed by atoms with Crippen LogP contribution in [0, 0.1) is 11.3 Å². The molecule has 3 rings (SSSR count). The minimum Gasteiger partial charge on any atom is -0.423 e. The van der Waals surface area contributed by atoms with E-state index in [4.69, 9.17) is 10.00 Å². The molecule has 0 bridgehead atoms. The number of rotatable bonds is 7. The summed E-state index contributed by atoms with van der Waals surface area (Å²) in [6.07, 6.45) is 6.73. The van der Waals surface area contributed by atoms with E-state index in [0.717, 1.165) is 0 Å². The second-order valence-corrected chi connectivity index (χ2v) is 10.6. The molecule has 2 aromatic rings. The highest BCUT2D eigenvalue weighted by Crippen LogP contribution is 2.35. The van der Waals surface area contributed by atoms with Crippen molar-refractivity contribution >= 4 is 14.8 Å². The monoisotopic (exact) mass is 390 g/mol. The molecule has 1 radical (unpaired) electrons. The normalized spacial score (nSPS) is 15.1. The summed E-state index contributed by atoms with van der Waals surface area (Å²) in [7, 11) is -0.115. The topological polar surface area (TPSA) is 50.1 Å². The first-order valence-electron chi connectivity index (χ1n) is 10.4. The van der Waals surface area contributed by atoms with Crippen LogP contribution in [0.4, 0.5) is 0 Å². The van der Waals surface area contributed by atoms with Gasteiger partial charge >= 0.3 is 5.97 Å². The van der Waals surface area contributed by atoms with Crippen LogP contribution in [0.15, 0.2) is 48.5 Å². The maximum absolute atomic E-state index is 12.3. The fraction of sp³-hybridized carbons (Fsp3) is 0.417. The summed E-state index contributed by atoms with van der Waals surface area (Å²) in [5.74, 6) is 0.739. The van der Waals surface area contributed by atoms with Gasteiger partial charge in [0.05, 0.1) is 17.2 Å². The van der Waals surface area contributed by atoms with E-state index in [9.17, 15) is 4.79 Å². The number of benzene rings is 2. The molecule has 0 saturated carbocycles. The number of ether oxygens (including phenoxy) is 1. The fourth-order valence-electron chi connectivity index (χ4n) is 3.89. The van der Waals surface area contributed by atoms with E-state index < -0.39 is 0 Å². The molecule has 0 aromatic heterocycles. The lowest BCUT2D eigenvalue weighted by molar-refractivity contribution is 0.0734. The summed E-state index contributed by atoms with van der Waals surface area (Å²) in [6, 6.07) is 20.9. The Balaban J connectivity index is 1.52. The first-order chi connectivity index (χ1) is 13.7. The third-order valence-corrected chi connectivity index (χ3v) is 8.69. The molecule has 0 spiro atoms. The summed E-state index contributed by atoms with van der Waals surface area (Å²) in [5, 5.41) is 8.83. The molecule has 0 atom stereocenters. The van der Waals surface area contributed by atoms with Crippen molar-refractivity contribution in [2.75, 3.05) is 0 Å². The number of unbranched alkanes of at least 4 members (excludes halogenated alkanes) is 2. The van der Waals surface area contributed by atoms with Crippen LogP contribution in [0.5, 0.6) is 5.75 Å². The van der Waals surface area contributed by atoms with E-state index >= 15 is 0 Å². The Morgan fingerprint density at radius 2 is 1.75 bits per heavy atom. The molecule has 1 aliphatic heterocycles. The zero-order valence-electron chi connectivity index (χ0n) is 16.6. The summed E-state index contributed by atoms with van der Waals surface area (Å²) >= 11 is 0. The number of nitriles is 1. The number of carbonyl (C=O) groups is 1. The summed E-state index contributed by atoms with van der Waals surface area (Å²) in [4.78, 5) is 12.3. The second-order valence-electron chi connectivity index (χ2n) is 7.63. The van der Waals surface area contributed by atoms with Crippen LogP contribution in [-0.4, -0.2) is 14.8 Å². The molecule has 0 aliphatic carbocycles. The van der Waals surface area contributed by atoms with Gasteiger partial charge in [-0.25, -0.2) is 4.79 Å². The van der Waals surface area contributed by atoms with Crippen LogP contribution in [0.1, 0.15) is 66.4 Å². The van der Waals surface area contributed by atoms with Gasteiger partial charge in [0.2, 0.25) is 0 Å². The second kappa shape index (κ2) is 10.2. The van der Waals surface area contributed by atoms with Gasteiger partial charge in [0.15, 0.2) is 0 Å². The minimum absolute atomic E-state index is 0.115. The lowest BCUT2D eigenvalue weighted by Gasteiger charge is -2.27. The van der Waals surface area contributed by atoms with Gasteiger partial charge in [-0.3, -0.25) is 0 Å². The average Bonchev–Trinajstić information content (AvgIpc) is 2.75. The fourth-order valence-corrected chi connectivity index (χ4v) is 6.90. The smallest absolute Gasteiger partial charge is 0.343 e. The largest absolute Gasteiger partial charge is 0.423 e. The predicted octanol–water partition coefficient (Wildman–Crippen LogP) is 6.34. The molecular formula is C24H28NO2Si. The van der Waals surface area contributed by atoms with Crippen LogP contribution in [-0.2, 0) is 0 Å². The number of hydrogen-bond acceptors (Lipinski definition) is 3. The van der Waals surface area contributed by atoms with Crippen molar-refractivity contribution in [1.29, 1.82) is 5.26 Å². The van der Waals surface area contributed by atoms with Crippen molar-refractivity contribution < 1.29 is 9.53 Å². The van der Waals surface area contributed by atoms with Crippen LogP contribution in [0.3, 0.4) is 0 Å². The minimum atomic E-state index is -0.360. The molecule has 145 valence electrons. The predicted molar refractivity (Wildman–Crippen MR) is 114 cm³/mol. The molecule has 0 unspecified atom stereocenters. The van der Waals surface area contributed by atoms with Gasteiger partial charge in [0, 0.05) is 8.80 Å². The zero-order chi connectivity index (χ0) is 19.8. The van der Waals surface area contributed by atoms with Gasteiger partial charge in [-0.2, -0.15) is 5.26 Å². The van der Waals surface area contributed by atoms with Crippen molar-refractivity contribution in [3.8, 4) is 11.8 Å². The third kappa shape index (κ3) is 5.56. The molecule has 1 heterocycles. The Morgan fingerprint density at radius 3 is 2.36 bits per heavy atom. The van der Waals surface area contributed by atoms with Gasteiger partial charge in [0.25, 0.3) is 0 Å². The highest BCUT2D eigenvalue weighted by Gasteiger charge is 2.23. The lowest BCUT2D eigenvalue weighted by atomic mass is 9.93. The Morgan fingerprint density at radius 1 is 1.07 bits per heavy atom. The highest BCUT2D eigenvalue weighted by atomic mass is 28.3. The van der Waals surface area contributed by atoms with Crippen LogP contribution < -0.4 is 4.74 Å². The van der Waals surface area contributed by atoms with E-state index in [0.29, 0.717) is 22.8 Å². The molecule has 1 aliphatic rings. The summed E-state index contributed by atoms with van der Waals surface area (Å²) in [5.41, 5.74) is 2.46. The van der Waals surface area contributed by atoms with Gasteiger partial charge in [0.1, 0.15) is 5.75 Å². The first-order valence-corrected chi connectivity index (χ1v) is 12.5. The van der Waals surface area contributed by atoms with E-state index in [1.807, 2.05) is 12.1 Å². The zero-order valence-corrected chi connectivity index (χ0v) is 17.6. The number of hydrogen-bond donors (Lipinski definition) is 0. The lowest BCUT2D eigenvalue weighted by Crippen LogP contribution is -2.20. The average molecular weight is 391 g/mol. The SMILES string of the molecule is CCCCC[Si]1CCC(c2ccc(C(=O)Oc3ccc(C#N)cc3)cc2)CC1. The molecule has 0 amide bonds. The maximum atomic E-state index is 12.3. The standard InChI is InChI=1S/C24H28NO2Si/c1-2-3-4-15-28-16-13-21(14-17-28)20-7-9-22(10-8-20)24(26)27-23-11-5-19(18-25)6-12-23/h5-12,21H,2-4,13-17H2,1H3. The van der Waals surface area contributed by atoms with Gasteiger partial charge in [-0.1, -0.05) is 56.5 Å². The number of carbonyl (C=O) groups excluding carboxylic acids is 1. The van der Waals surface area contributed by atoms with E-state index in [2.05, 4.69) is 25.1 Å². The van der Waals surface area contributed by atoms with Crippen molar-refractivity contribution in [1.82, 2.24) is 0 Å². The Labute approximate surface area is 170 Å². The third-order valence-electron chi connectivity index (χ3n) is 5.64. The van der Waals surface area contributed by atoms with E-state index in [1.165, 1.54) is 55.8 Å². The van der Waals surface area contributed by atoms with Crippen LogP contribution in [0.25, 0.3) is 0 Å². The maximum Gasteiger partial charge on any atom is 0.343 e. The van der Waals surface area contributed by atoms with Crippen molar-refractivity contribution in [2.45, 2.75) is 63.1 Å². The van der Waals surface area contributed by atoms with Crippen LogP contribution >= 0.6 is 0 Å². The van der Waals surface area contributed by atoms with Gasteiger partial charge in [-0.05, 0) is 60.7 Å². The molecule has 3 nitrogen and oxygen atoms in total. The van der Waals surface area contributed by atoms with Crippen molar-refractivity contribution in [3.05, 3.63) is 65.2 Å². The van der Waals surface area contributed by atoms with E-state index in [-0.39, 0.29) is 14.8 Å². The summed E-state index contributed by atoms with van der Waals surface area (Å²) in [6.45, 7) is 2.28. The molecular weight excluding hydrogens is 362 g/mol. The Bertz CT molecular complexity index is 800. The van der Waals surface area contributed by atoms with Crippen molar-refractivity contribution in [2.24, 2.45) is 0 Å². The molecule has 1 fully saturated rings. The Hall–Kier alpha value is -2.38. The Kier molecular flexibility index (Phi) is 7.44. The van der Waals surface area contributed by atoms with E-state index in [1.54, 1.807) is 24.3 Å². The molecule has 28 heavy (non-hydrogen) atoms. The quantitative estimate of drug-likeness (QED) is 0.240. The molecule has 4 heteroatoms. The number of nitrogens with zero attached hydrogens (tertiary/aromatic N) is 1. The van der Waals surface area contributed by atoms with Gasteiger partial charge in [-0.15, -0.1) is 0 Å². The summed E-state index contributed by atoms with van der Waals surface area (Å²) < 4.78 is 5.40.